The van der Waals surface area contributed by atoms with E-state index in [1.54, 1.807) is 36.1 Å². The molecule has 1 aliphatic rings. The maximum atomic E-state index is 13.4. The van der Waals surface area contributed by atoms with Crippen molar-refractivity contribution in [2.24, 2.45) is 0 Å². The summed E-state index contributed by atoms with van der Waals surface area (Å²) in [6.45, 7) is 2.33. The predicted molar refractivity (Wildman–Crippen MR) is 118 cm³/mol. The van der Waals surface area contributed by atoms with Gasteiger partial charge >= 0.3 is 0 Å². The molecule has 31 heavy (non-hydrogen) atoms. The van der Waals surface area contributed by atoms with Gasteiger partial charge in [0, 0.05) is 22.8 Å². The van der Waals surface area contributed by atoms with E-state index in [1.807, 2.05) is 24.3 Å². The van der Waals surface area contributed by atoms with Crippen LogP contribution in [0.5, 0.6) is 0 Å². The summed E-state index contributed by atoms with van der Waals surface area (Å²) in [4.78, 5) is 32.7. The van der Waals surface area contributed by atoms with Crippen LogP contribution in [0.3, 0.4) is 0 Å². The predicted octanol–water partition coefficient (Wildman–Crippen LogP) is 4.25. The van der Waals surface area contributed by atoms with Crippen LogP contribution in [-0.4, -0.2) is 27.2 Å². The van der Waals surface area contributed by atoms with Gasteiger partial charge in [-0.05, 0) is 43.5 Å². The number of amides is 1. The largest absolute Gasteiger partial charge is 0.335 e. The second-order valence-corrected chi connectivity index (χ2v) is 8.01. The van der Waals surface area contributed by atoms with Gasteiger partial charge in [0.2, 0.25) is 5.91 Å². The molecule has 0 unspecified atom stereocenters. The molecule has 0 saturated carbocycles. The molecule has 0 radical (unpaired) electrons. The number of carbonyl (C=O) groups excluding carboxylic acids is 1. The number of carbonyl (C=O) groups is 1. The Morgan fingerprint density at radius 3 is 2.74 bits per heavy atom. The number of aryl methyl sites for hydroxylation is 1. The van der Waals surface area contributed by atoms with Crippen LogP contribution >= 0.6 is 11.6 Å². The maximum absolute atomic E-state index is 13.4. The van der Waals surface area contributed by atoms with Gasteiger partial charge in [0.05, 0.1) is 0 Å². The third-order valence-electron chi connectivity index (χ3n) is 5.69. The van der Waals surface area contributed by atoms with Crippen LogP contribution in [-0.2, 0) is 11.2 Å². The fourth-order valence-electron chi connectivity index (χ4n) is 4.05. The zero-order valence-corrected chi connectivity index (χ0v) is 17.5. The van der Waals surface area contributed by atoms with Gasteiger partial charge in [0.25, 0.3) is 11.3 Å². The summed E-state index contributed by atoms with van der Waals surface area (Å²) in [5.74, 6) is -0.153. The van der Waals surface area contributed by atoms with E-state index in [0.717, 1.165) is 24.1 Å². The molecule has 2 aromatic carbocycles. The zero-order chi connectivity index (χ0) is 21.5. The lowest BCUT2D eigenvalue weighted by Crippen LogP contribution is -2.42. The number of hydrogen-bond donors (Lipinski definition) is 0. The van der Waals surface area contributed by atoms with Crippen LogP contribution in [0.25, 0.3) is 22.4 Å². The van der Waals surface area contributed by atoms with E-state index in [1.165, 1.54) is 10.9 Å². The Balaban J connectivity index is 1.56. The zero-order valence-electron chi connectivity index (χ0n) is 16.8. The van der Waals surface area contributed by atoms with E-state index in [0.29, 0.717) is 22.8 Å². The number of nitrogens with zero attached hydrogens (tertiary/aromatic N) is 4. The smallest absolute Gasteiger partial charge is 0.267 e. The minimum Gasteiger partial charge on any atom is -0.335 e. The van der Waals surface area contributed by atoms with E-state index in [4.69, 9.17) is 16.1 Å². The van der Waals surface area contributed by atoms with Gasteiger partial charge in [-0.1, -0.05) is 47.1 Å². The standard InChI is InChI=1S/C23H19ClN4O3/c1-14(22(29)27-12-4-6-15-5-2-3-7-18(15)27)28-13-25-21-19(23(28)30)20(26-31-21)16-8-10-17(24)11-9-16/h2-3,5,7-11,13-14H,4,6,12H2,1H3/t14-/m1/s1. The van der Waals surface area contributed by atoms with E-state index < -0.39 is 6.04 Å². The van der Waals surface area contributed by atoms with Crippen LogP contribution in [0.4, 0.5) is 5.69 Å². The van der Waals surface area contributed by atoms with Crippen LogP contribution in [0.2, 0.25) is 5.02 Å². The Kier molecular flexibility index (Phi) is 4.82. The highest BCUT2D eigenvalue weighted by atomic mass is 35.5. The van der Waals surface area contributed by atoms with Crippen LogP contribution in [0.15, 0.2) is 64.2 Å². The molecule has 7 nitrogen and oxygen atoms in total. The molecule has 1 amide bonds. The number of hydrogen-bond acceptors (Lipinski definition) is 5. The van der Waals surface area contributed by atoms with Gasteiger partial charge in [-0.15, -0.1) is 0 Å². The Morgan fingerprint density at radius 2 is 1.94 bits per heavy atom. The minimum absolute atomic E-state index is 0.133. The van der Waals surface area contributed by atoms with Crippen molar-refractivity contribution in [3.63, 3.8) is 0 Å². The van der Waals surface area contributed by atoms with Crippen molar-refractivity contribution in [1.29, 1.82) is 0 Å². The summed E-state index contributed by atoms with van der Waals surface area (Å²) >= 11 is 5.97. The molecule has 0 fully saturated rings. The monoisotopic (exact) mass is 434 g/mol. The lowest BCUT2D eigenvalue weighted by Gasteiger charge is -2.31. The first-order valence-corrected chi connectivity index (χ1v) is 10.4. The average Bonchev–Trinajstić information content (AvgIpc) is 3.23. The Morgan fingerprint density at radius 1 is 1.16 bits per heavy atom. The van der Waals surface area contributed by atoms with Gasteiger partial charge in [-0.3, -0.25) is 14.2 Å². The molecule has 8 heteroatoms. The number of rotatable bonds is 3. The van der Waals surface area contributed by atoms with E-state index in [9.17, 15) is 9.59 Å². The highest BCUT2D eigenvalue weighted by Gasteiger charge is 2.29. The van der Waals surface area contributed by atoms with Crippen molar-refractivity contribution >= 4 is 34.3 Å². The molecule has 0 saturated heterocycles. The summed E-state index contributed by atoms with van der Waals surface area (Å²) in [7, 11) is 0. The number of para-hydroxylation sites is 1. The second kappa shape index (κ2) is 7.67. The first-order valence-electron chi connectivity index (χ1n) is 10.1. The summed E-state index contributed by atoms with van der Waals surface area (Å²) < 4.78 is 6.62. The number of anilines is 1. The summed E-state index contributed by atoms with van der Waals surface area (Å²) in [6.07, 6.45) is 3.17. The summed E-state index contributed by atoms with van der Waals surface area (Å²) in [5, 5.41) is 4.85. The van der Waals surface area contributed by atoms with Crippen LogP contribution < -0.4 is 10.5 Å². The lowest BCUT2D eigenvalue weighted by atomic mass is 10.0. The molecule has 0 aliphatic carbocycles. The molecular formula is C23H19ClN4O3. The van der Waals surface area contributed by atoms with Crippen molar-refractivity contribution in [3.8, 4) is 11.3 Å². The highest BCUT2D eigenvalue weighted by molar-refractivity contribution is 6.30. The first-order chi connectivity index (χ1) is 15.0. The van der Waals surface area contributed by atoms with Gasteiger partial charge in [0.1, 0.15) is 23.4 Å². The number of aromatic nitrogens is 3. The molecule has 4 aromatic rings. The van der Waals surface area contributed by atoms with Gasteiger partial charge in [-0.25, -0.2) is 4.98 Å². The topological polar surface area (TPSA) is 81.2 Å². The molecule has 0 spiro atoms. The fourth-order valence-corrected chi connectivity index (χ4v) is 4.17. The number of halogens is 1. The van der Waals surface area contributed by atoms with Crippen LogP contribution in [0, 0.1) is 0 Å². The second-order valence-electron chi connectivity index (χ2n) is 7.57. The Labute approximate surface area is 182 Å². The first kappa shape index (κ1) is 19.5. The molecular weight excluding hydrogens is 416 g/mol. The molecule has 1 aliphatic heterocycles. The average molecular weight is 435 g/mol. The number of fused-ring (bicyclic) bond motifs is 2. The van der Waals surface area contributed by atoms with Crippen molar-refractivity contribution in [3.05, 3.63) is 75.8 Å². The SMILES string of the molecule is C[C@H](C(=O)N1CCCc2ccccc21)n1cnc2onc(-c3ccc(Cl)cc3)c2c1=O. The molecule has 3 heterocycles. The summed E-state index contributed by atoms with van der Waals surface area (Å²) in [5.41, 5.74) is 2.86. The van der Waals surface area contributed by atoms with Gasteiger partial charge in [-0.2, -0.15) is 0 Å². The Bertz CT molecular complexity index is 1340. The molecule has 0 bridgehead atoms. The minimum atomic E-state index is -0.733. The van der Waals surface area contributed by atoms with Gasteiger partial charge in [0.15, 0.2) is 0 Å². The fraction of sp³-hybridized carbons (Fsp3) is 0.217. The van der Waals surface area contributed by atoms with Crippen molar-refractivity contribution in [1.82, 2.24) is 14.7 Å². The van der Waals surface area contributed by atoms with E-state index in [2.05, 4.69) is 10.1 Å². The van der Waals surface area contributed by atoms with Crippen molar-refractivity contribution in [2.45, 2.75) is 25.8 Å². The lowest BCUT2D eigenvalue weighted by molar-refractivity contribution is -0.121. The van der Waals surface area contributed by atoms with E-state index in [-0.39, 0.29) is 22.6 Å². The molecule has 0 N–H and O–H groups in total. The maximum Gasteiger partial charge on any atom is 0.267 e. The molecule has 156 valence electrons. The number of benzene rings is 2. The van der Waals surface area contributed by atoms with Crippen molar-refractivity contribution in [2.75, 3.05) is 11.4 Å². The highest BCUT2D eigenvalue weighted by Crippen LogP contribution is 2.29. The summed E-state index contributed by atoms with van der Waals surface area (Å²) in [6, 6.07) is 14.1. The van der Waals surface area contributed by atoms with E-state index >= 15 is 0 Å². The van der Waals surface area contributed by atoms with Crippen LogP contribution in [0.1, 0.15) is 24.9 Å². The normalized spacial score (nSPS) is 14.5. The quantitative estimate of drug-likeness (QED) is 0.481. The third kappa shape index (κ3) is 3.31. The molecule has 5 rings (SSSR count). The molecule has 1 atom stereocenters. The van der Waals surface area contributed by atoms with Crippen molar-refractivity contribution < 1.29 is 9.32 Å². The molecule has 2 aromatic heterocycles. The third-order valence-corrected chi connectivity index (χ3v) is 5.94. The Hall–Kier alpha value is -3.45. The van der Waals surface area contributed by atoms with Gasteiger partial charge < -0.3 is 9.42 Å².